The van der Waals surface area contributed by atoms with Crippen LogP contribution in [0.25, 0.3) is 11.8 Å². The minimum atomic E-state index is -0.785. The highest BCUT2D eigenvalue weighted by Crippen LogP contribution is 2.36. The number of fused-ring (bicyclic) bond motifs is 1. The Labute approximate surface area is 123 Å². The molecule has 0 saturated carbocycles. The molecule has 106 valence electrons. The molecule has 0 bridgehead atoms. The Hall–Kier alpha value is -2.49. The summed E-state index contributed by atoms with van der Waals surface area (Å²) in [5.74, 6) is 0.145. The second-order valence-electron chi connectivity index (χ2n) is 5.63. The number of hydrogen-bond donors (Lipinski definition) is 0. The van der Waals surface area contributed by atoms with Crippen LogP contribution >= 0.6 is 0 Å². The van der Waals surface area contributed by atoms with Gasteiger partial charge in [-0.15, -0.1) is 0 Å². The lowest BCUT2D eigenvalue weighted by atomic mass is 9.85. The number of esters is 1. The van der Waals surface area contributed by atoms with Gasteiger partial charge in [0.15, 0.2) is 5.76 Å². The number of aromatic nitrogens is 2. The van der Waals surface area contributed by atoms with Crippen LogP contribution in [0.1, 0.15) is 36.4 Å². The molecule has 1 aromatic heterocycles. The predicted octanol–water partition coefficient (Wildman–Crippen LogP) is 3.12. The number of nitrogens with zero attached hydrogens (tertiary/aromatic N) is 2. The Morgan fingerprint density at radius 1 is 1.14 bits per heavy atom. The number of carbonyl (C=O) groups is 1. The van der Waals surface area contributed by atoms with E-state index in [0.29, 0.717) is 17.1 Å². The normalized spacial score (nSPS) is 18.2. The molecule has 3 rings (SSSR count). The van der Waals surface area contributed by atoms with E-state index in [9.17, 15) is 4.79 Å². The van der Waals surface area contributed by atoms with E-state index in [-0.39, 0.29) is 5.97 Å². The zero-order chi connectivity index (χ0) is 15.0. The third kappa shape index (κ3) is 2.23. The van der Waals surface area contributed by atoms with Crippen LogP contribution in [0, 0.1) is 6.92 Å². The van der Waals surface area contributed by atoms with E-state index in [2.05, 4.69) is 9.97 Å². The number of cyclic esters (lactones) is 1. The summed E-state index contributed by atoms with van der Waals surface area (Å²) < 4.78 is 5.51. The van der Waals surface area contributed by atoms with Crippen molar-refractivity contribution in [3.63, 3.8) is 0 Å². The summed E-state index contributed by atoms with van der Waals surface area (Å²) in [5.41, 5.74) is 2.60. The molecule has 0 saturated heterocycles. The van der Waals surface area contributed by atoms with Crippen LogP contribution in [0.4, 0.5) is 0 Å². The van der Waals surface area contributed by atoms with Gasteiger partial charge in [-0.05, 0) is 38.0 Å². The van der Waals surface area contributed by atoms with Crippen molar-refractivity contribution >= 4 is 17.8 Å². The van der Waals surface area contributed by atoms with Crippen molar-refractivity contribution in [2.75, 3.05) is 0 Å². The Kier molecular flexibility index (Phi) is 3.09. The van der Waals surface area contributed by atoms with E-state index in [1.807, 2.05) is 37.3 Å². The van der Waals surface area contributed by atoms with Crippen molar-refractivity contribution in [1.82, 2.24) is 9.97 Å². The fraction of sp³-hybridized carbons (Fsp3) is 0.235. The van der Waals surface area contributed by atoms with Crippen molar-refractivity contribution < 1.29 is 9.53 Å². The smallest absolute Gasteiger partial charge is 0.323 e. The molecular weight excluding hydrogens is 264 g/mol. The van der Waals surface area contributed by atoms with Crippen molar-refractivity contribution in [1.29, 1.82) is 0 Å². The summed E-state index contributed by atoms with van der Waals surface area (Å²) in [6, 6.07) is 7.91. The number of ether oxygens (including phenoxy) is 1. The van der Waals surface area contributed by atoms with Crippen molar-refractivity contribution in [3.05, 3.63) is 59.2 Å². The Morgan fingerprint density at radius 3 is 2.62 bits per heavy atom. The molecular formula is C17H16N2O2. The first kappa shape index (κ1) is 13.5. The molecule has 1 aromatic carbocycles. The maximum Gasteiger partial charge on any atom is 0.323 e. The van der Waals surface area contributed by atoms with Crippen LogP contribution in [-0.2, 0) is 14.9 Å². The first-order valence-electron chi connectivity index (χ1n) is 6.81. The zero-order valence-corrected chi connectivity index (χ0v) is 12.3. The molecule has 2 aromatic rings. The molecule has 1 aliphatic rings. The van der Waals surface area contributed by atoms with Gasteiger partial charge in [0.2, 0.25) is 0 Å². The molecule has 4 heteroatoms. The van der Waals surface area contributed by atoms with Crippen LogP contribution in [-0.4, -0.2) is 15.9 Å². The Morgan fingerprint density at radius 2 is 1.86 bits per heavy atom. The third-order valence-corrected chi connectivity index (χ3v) is 3.71. The molecule has 0 radical (unpaired) electrons. The van der Waals surface area contributed by atoms with Gasteiger partial charge >= 0.3 is 5.97 Å². The number of hydrogen-bond acceptors (Lipinski definition) is 4. The van der Waals surface area contributed by atoms with Crippen LogP contribution in [0.2, 0.25) is 0 Å². The van der Waals surface area contributed by atoms with E-state index in [0.717, 1.165) is 11.1 Å². The maximum absolute atomic E-state index is 12.2. The number of carbonyl (C=O) groups excluding carboxylic acids is 1. The molecule has 0 atom stereocenters. The van der Waals surface area contributed by atoms with Gasteiger partial charge in [0.25, 0.3) is 0 Å². The first-order valence-corrected chi connectivity index (χ1v) is 6.81. The SMILES string of the molecule is Cc1ccccc1/C=C1\OC(=O)C(C)(C)c2nccnc21. The molecule has 2 heterocycles. The van der Waals surface area contributed by atoms with E-state index < -0.39 is 5.41 Å². The molecule has 1 aliphatic heterocycles. The predicted molar refractivity (Wildman–Crippen MR) is 80.2 cm³/mol. The molecule has 4 nitrogen and oxygen atoms in total. The second-order valence-corrected chi connectivity index (χ2v) is 5.63. The first-order chi connectivity index (χ1) is 10.00. The molecule has 0 unspecified atom stereocenters. The minimum absolute atomic E-state index is 0.310. The maximum atomic E-state index is 12.2. The largest absolute Gasteiger partial charge is 0.423 e. The van der Waals surface area contributed by atoms with Gasteiger partial charge < -0.3 is 4.74 Å². The number of benzene rings is 1. The van der Waals surface area contributed by atoms with E-state index >= 15 is 0 Å². The van der Waals surface area contributed by atoms with Gasteiger partial charge in [-0.1, -0.05) is 24.3 Å². The standard InChI is InChI=1S/C17H16N2O2/c1-11-6-4-5-7-12(11)10-13-14-15(19-9-8-18-14)17(2,3)16(20)21-13/h4-10H,1-3H3/b13-10-. The van der Waals surface area contributed by atoms with Crippen LogP contribution in [0.15, 0.2) is 36.7 Å². The zero-order valence-electron chi connectivity index (χ0n) is 12.3. The third-order valence-electron chi connectivity index (χ3n) is 3.71. The van der Waals surface area contributed by atoms with Crippen LogP contribution in [0.3, 0.4) is 0 Å². The highest BCUT2D eigenvalue weighted by atomic mass is 16.5. The average Bonchev–Trinajstić information content (AvgIpc) is 2.47. The Balaban J connectivity index is 2.17. The van der Waals surface area contributed by atoms with Crippen LogP contribution < -0.4 is 0 Å². The van der Waals surface area contributed by atoms with Gasteiger partial charge in [0.05, 0.1) is 5.69 Å². The summed E-state index contributed by atoms with van der Waals surface area (Å²) in [5, 5.41) is 0. The van der Waals surface area contributed by atoms with Crippen molar-refractivity contribution in [3.8, 4) is 0 Å². The lowest BCUT2D eigenvalue weighted by Crippen LogP contribution is -2.37. The van der Waals surface area contributed by atoms with E-state index in [1.165, 1.54) is 0 Å². The summed E-state index contributed by atoms with van der Waals surface area (Å²) in [6.45, 7) is 5.61. The quantitative estimate of drug-likeness (QED) is 0.753. The molecule has 21 heavy (non-hydrogen) atoms. The minimum Gasteiger partial charge on any atom is -0.423 e. The van der Waals surface area contributed by atoms with Gasteiger partial charge in [0, 0.05) is 12.4 Å². The fourth-order valence-electron chi connectivity index (χ4n) is 2.34. The fourth-order valence-corrected chi connectivity index (χ4v) is 2.34. The molecule has 0 aliphatic carbocycles. The summed E-state index contributed by atoms with van der Waals surface area (Å²) in [7, 11) is 0. The molecule has 0 N–H and O–H groups in total. The van der Waals surface area contributed by atoms with Gasteiger partial charge in [-0.3, -0.25) is 9.78 Å². The lowest BCUT2D eigenvalue weighted by Gasteiger charge is -2.29. The summed E-state index contributed by atoms with van der Waals surface area (Å²) in [6.07, 6.45) is 5.06. The lowest BCUT2D eigenvalue weighted by molar-refractivity contribution is -0.143. The van der Waals surface area contributed by atoms with Gasteiger partial charge in [0.1, 0.15) is 11.1 Å². The number of aryl methyl sites for hydroxylation is 1. The molecule has 0 spiro atoms. The van der Waals surface area contributed by atoms with Crippen molar-refractivity contribution in [2.24, 2.45) is 0 Å². The summed E-state index contributed by atoms with van der Waals surface area (Å²) >= 11 is 0. The average molecular weight is 280 g/mol. The second kappa shape index (κ2) is 4.81. The Bertz CT molecular complexity index is 748. The van der Waals surface area contributed by atoms with Gasteiger partial charge in [-0.2, -0.15) is 0 Å². The number of rotatable bonds is 1. The molecule has 0 amide bonds. The van der Waals surface area contributed by atoms with E-state index in [1.54, 1.807) is 26.2 Å². The monoisotopic (exact) mass is 280 g/mol. The van der Waals surface area contributed by atoms with E-state index in [4.69, 9.17) is 4.74 Å². The van der Waals surface area contributed by atoms with Crippen molar-refractivity contribution in [2.45, 2.75) is 26.2 Å². The van der Waals surface area contributed by atoms with Gasteiger partial charge in [-0.25, -0.2) is 4.98 Å². The highest BCUT2D eigenvalue weighted by Gasteiger charge is 2.41. The topological polar surface area (TPSA) is 52.1 Å². The summed E-state index contributed by atoms with van der Waals surface area (Å²) in [4.78, 5) is 20.9. The van der Waals surface area contributed by atoms with Crippen LogP contribution in [0.5, 0.6) is 0 Å². The molecule has 0 fully saturated rings. The highest BCUT2D eigenvalue weighted by molar-refractivity contribution is 5.94.